The summed E-state index contributed by atoms with van der Waals surface area (Å²) in [6, 6.07) is 5.17. The van der Waals surface area contributed by atoms with E-state index in [4.69, 9.17) is 0 Å². The summed E-state index contributed by atoms with van der Waals surface area (Å²) in [5.41, 5.74) is -0.927. The summed E-state index contributed by atoms with van der Waals surface area (Å²) in [6.45, 7) is 1.54. The SMILES string of the molecule is COC(=O)Cc1cc(=O)[nH]c(S[C@H](C)C(=O)Nc2ccc(C(F)(F)F)cc2)n1. The van der Waals surface area contributed by atoms with Gasteiger partial charge in [0.2, 0.25) is 5.91 Å². The predicted molar refractivity (Wildman–Crippen MR) is 96.0 cm³/mol. The first kappa shape index (κ1) is 21.5. The van der Waals surface area contributed by atoms with Crippen LogP contribution < -0.4 is 10.9 Å². The number of halogens is 3. The molecule has 0 aliphatic rings. The monoisotopic (exact) mass is 415 g/mol. The topological polar surface area (TPSA) is 101 Å². The summed E-state index contributed by atoms with van der Waals surface area (Å²) < 4.78 is 42.2. The number of benzene rings is 1. The summed E-state index contributed by atoms with van der Waals surface area (Å²) in [5.74, 6) is -1.06. The smallest absolute Gasteiger partial charge is 0.416 e. The van der Waals surface area contributed by atoms with E-state index in [9.17, 15) is 27.6 Å². The highest BCUT2D eigenvalue weighted by atomic mass is 32.2. The van der Waals surface area contributed by atoms with Crippen molar-refractivity contribution in [1.82, 2.24) is 9.97 Å². The number of nitrogens with one attached hydrogen (secondary N) is 2. The van der Waals surface area contributed by atoms with Crippen molar-refractivity contribution in [2.75, 3.05) is 12.4 Å². The van der Waals surface area contributed by atoms with Crippen molar-refractivity contribution in [3.05, 3.63) is 51.9 Å². The highest BCUT2D eigenvalue weighted by Gasteiger charge is 2.30. The Hall–Kier alpha value is -2.82. The van der Waals surface area contributed by atoms with Crippen molar-refractivity contribution in [2.45, 2.75) is 29.9 Å². The molecule has 1 heterocycles. The van der Waals surface area contributed by atoms with Crippen molar-refractivity contribution in [2.24, 2.45) is 0 Å². The summed E-state index contributed by atoms with van der Waals surface area (Å²) >= 11 is 0.931. The molecule has 0 saturated heterocycles. The lowest BCUT2D eigenvalue weighted by molar-refractivity contribution is -0.140. The zero-order chi connectivity index (χ0) is 20.9. The van der Waals surface area contributed by atoms with Gasteiger partial charge in [-0.25, -0.2) is 4.98 Å². The number of hydrogen-bond donors (Lipinski definition) is 2. The molecule has 2 N–H and O–H groups in total. The van der Waals surface area contributed by atoms with E-state index < -0.39 is 34.4 Å². The molecule has 150 valence electrons. The molecule has 1 amide bonds. The molecule has 28 heavy (non-hydrogen) atoms. The molecule has 1 aromatic carbocycles. The Balaban J connectivity index is 2.04. The molecular formula is C17H16F3N3O4S. The number of rotatable bonds is 6. The van der Waals surface area contributed by atoms with E-state index in [2.05, 4.69) is 20.0 Å². The second-order valence-electron chi connectivity index (χ2n) is 5.62. The van der Waals surface area contributed by atoms with Gasteiger partial charge in [-0.15, -0.1) is 0 Å². The third-order valence-electron chi connectivity index (χ3n) is 3.46. The molecule has 0 unspecified atom stereocenters. The number of H-pyrrole nitrogens is 1. The van der Waals surface area contributed by atoms with Crippen molar-refractivity contribution < 1.29 is 27.5 Å². The van der Waals surface area contributed by atoms with Gasteiger partial charge < -0.3 is 15.0 Å². The Morgan fingerprint density at radius 2 is 1.93 bits per heavy atom. The lowest BCUT2D eigenvalue weighted by Crippen LogP contribution is -2.23. The first-order valence-electron chi connectivity index (χ1n) is 7.90. The maximum atomic E-state index is 12.6. The third-order valence-corrected chi connectivity index (χ3v) is 4.45. The van der Waals surface area contributed by atoms with Crippen molar-refractivity contribution in [1.29, 1.82) is 0 Å². The van der Waals surface area contributed by atoms with Crippen molar-refractivity contribution in [3.8, 4) is 0 Å². The molecule has 1 atom stereocenters. The van der Waals surface area contributed by atoms with Crippen LogP contribution in [-0.2, 0) is 26.9 Å². The largest absolute Gasteiger partial charge is 0.469 e. The number of thioether (sulfide) groups is 1. The lowest BCUT2D eigenvalue weighted by Gasteiger charge is -2.13. The Bertz CT molecular complexity index is 913. The molecule has 11 heteroatoms. The minimum atomic E-state index is -4.46. The number of amides is 1. The number of nitrogens with zero attached hydrogens (tertiary/aromatic N) is 1. The van der Waals surface area contributed by atoms with Crippen LogP contribution in [0.1, 0.15) is 18.2 Å². The van der Waals surface area contributed by atoms with E-state index in [-0.39, 0.29) is 23.0 Å². The molecule has 7 nitrogen and oxygen atoms in total. The maximum absolute atomic E-state index is 12.6. The molecule has 0 fully saturated rings. The van der Waals surface area contributed by atoms with Crippen LogP contribution in [0.3, 0.4) is 0 Å². The maximum Gasteiger partial charge on any atom is 0.416 e. The average molecular weight is 415 g/mol. The fraction of sp³-hybridized carbons (Fsp3) is 0.294. The Kier molecular flexibility index (Phi) is 6.84. The van der Waals surface area contributed by atoms with Gasteiger partial charge in [-0.2, -0.15) is 13.2 Å². The third kappa shape index (κ3) is 6.12. The summed E-state index contributed by atoms with van der Waals surface area (Å²) in [5, 5.41) is 1.89. The van der Waals surface area contributed by atoms with E-state index in [1.54, 1.807) is 0 Å². The van der Waals surface area contributed by atoms with Crippen LogP contribution in [0.4, 0.5) is 18.9 Å². The zero-order valence-electron chi connectivity index (χ0n) is 14.8. The number of carbonyl (C=O) groups excluding carboxylic acids is 2. The molecule has 2 aromatic rings. The number of aromatic nitrogens is 2. The minimum Gasteiger partial charge on any atom is -0.469 e. The highest BCUT2D eigenvalue weighted by Crippen LogP contribution is 2.30. The van der Waals surface area contributed by atoms with E-state index in [1.165, 1.54) is 14.0 Å². The number of esters is 1. The summed E-state index contributed by atoms with van der Waals surface area (Å²) in [6.07, 6.45) is -4.65. The fourth-order valence-corrected chi connectivity index (χ4v) is 2.89. The molecular weight excluding hydrogens is 399 g/mol. The molecule has 0 radical (unpaired) electrons. The summed E-state index contributed by atoms with van der Waals surface area (Å²) in [7, 11) is 1.21. The van der Waals surface area contributed by atoms with Gasteiger partial charge in [-0.1, -0.05) is 11.8 Å². The van der Waals surface area contributed by atoms with Gasteiger partial charge in [0.1, 0.15) is 0 Å². The molecule has 0 spiro atoms. The van der Waals surface area contributed by atoms with Crippen LogP contribution in [0.2, 0.25) is 0 Å². The lowest BCUT2D eigenvalue weighted by atomic mass is 10.2. The molecule has 0 bridgehead atoms. The second kappa shape index (κ2) is 8.91. The van der Waals surface area contributed by atoms with Gasteiger partial charge in [-0.05, 0) is 31.2 Å². The van der Waals surface area contributed by atoms with Gasteiger partial charge in [-0.3, -0.25) is 14.4 Å². The normalized spacial score (nSPS) is 12.3. The summed E-state index contributed by atoms with van der Waals surface area (Å²) in [4.78, 5) is 41.8. The molecule has 2 rings (SSSR count). The van der Waals surface area contributed by atoms with Crippen molar-refractivity contribution >= 4 is 29.3 Å². The average Bonchev–Trinajstić information content (AvgIpc) is 2.60. The Morgan fingerprint density at radius 1 is 1.29 bits per heavy atom. The first-order valence-corrected chi connectivity index (χ1v) is 8.78. The zero-order valence-corrected chi connectivity index (χ0v) is 15.6. The number of aromatic amines is 1. The van der Waals surface area contributed by atoms with Crippen LogP contribution in [0, 0.1) is 0 Å². The second-order valence-corrected chi connectivity index (χ2v) is 6.95. The van der Waals surface area contributed by atoms with Gasteiger partial charge in [0, 0.05) is 11.8 Å². The van der Waals surface area contributed by atoms with Crippen LogP contribution in [0.15, 0.2) is 40.3 Å². The van der Waals surface area contributed by atoms with Crippen LogP contribution in [0.5, 0.6) is 0 Å². The standard InChI is InChI=1S/C17H16F3N3O4S/c1-9(15(26)21-11-5-3-10(4-6-11)17(18,19)20)28-16-22-12(7-13(24)23-16)8-14(25)27-2/h3-7,9H,8H2,1-2H3,(H,21,26)(H,22,23,24)/t9-/m1/s1. The number of anilines is 1. The highest BCUT2D eigenvalue weighted by molar-refractivity contribution is 8.00. The number of hydrogen-bond acceptors (Lipinski definition) is 6. The number of methoxy groups -OCH3 is 1. The van der Waals surface area contributed by atoms with E-state index in [1.807, 2.05) is 0 Å². The van der Waals surface area contributed by atoms with E-state index in [0.29, 0.717) is 0 Å². The first-order chi connectivity index (χ1) is 13.1. The van der Waals surface area contributed by atoms with E-state index >= 15 is 0 Å². The molecule has 1 aromatic heterocycles. The molecule has 0 saturated carbocycles. The Labute approximate surface area is 161 Å². The quantitative estimate of drug-likeness (QED) is 0.427. The molecule has 0 aliphatic carbocycles. The predicted octanol–water partition coefficient (Wildman–Crippen LogP) is 2.62. The minimum absolute atomic E-state index is 0.126. The van der Waals surface area contributed by atoms with Crippen molar-refractivity contribution in [3.63, 3.8) is 0 Å². The van der Waals surface area contributed by atoms with Gasteiger partial charge in [0.15, 0.2) is 5.16 Å². The van der Waals surface area contributed by atoms with Gasteiger partial charge in [0.25, 0.3) is 5.56 Å². The molecule has 0 aliphatic heterocycles. The number of ether oxygens (including phenoxy) is 1. The van der Waals surface area contributed by atoms with Gasteiger partial charge in [0.05, 0.1) is 30.0 Å². The van der Waals surface area contributed by atoms with Crippen LogP contribution in [-0.4, -0.2) is 34.2 Å². The van der Waals surface area contributed by atoms with Gasteiger partial charge >= 0.3 is 12.1 Å². The number of carbonyl (C=O) groups is 2. The number of alkyl halides is 3. The van der Waals surface area contributed by atoms with E-state index in [0.717, 1.165) is 42.1 Å². The van der Waals surface area contributed by atoms with Crippen LogP contribution in [0.25, 0.3) is 0 Å². The Morgan fingerprint density at radius 3 is 2.50 bits per heavy atom. The van der Waals surface area contributed by atoms with Crippen LogP contribution >= 0.6 is 11.8 Å². The fourth-order valence-electron chi connectivity index (χ4n) is 2.06.